The summed E-state index contributed by atoms with van der Waals surface area (Å²) in [4.78, 5) is 11.9. The summed E-state index contributed by atoms with van der Waals surface area (Å²) in [6, 6.07) is 14.3. The van der Waals surface area contributed by atoms with Gasteiger partial charge in [-0.2, -0.15) is 0 Å². The summed E-state index contributed by atoms with van der Waals surface area (Å²) in [6.45, 7) is 0.976. The highest BCUT2D eigenvalue weighted by Crippen LogP contribution is 2.24. The fourth-order valence-electron chi connectivity index (χ4n) is 2.06. The molecule has 0 heterocycles. The van der Waals surface area contributed by atoms with Crippen LogP contribution in [-0.4, -0.2) is 29.1 Å². The maximum atomic E-state index is 11.9. The lowest BCUT2D eigenvalue weighted by atomic mass is 10.1. The number of hydrogen-bond acceptors (Lipinski definition) is 4. The van der Waals surface area contributed by atoms with Crippen LogP contribution in [0.15, 0.2) is 48.5 Å². The average Bonchev–Trinajstić information content (AvgIpc) is 2.50. The zero-order valence-electron chi connectivity index (χ0n) is 12.2. The third-order valence-corrected chi connectivity index (χ3v) is 3.24. The molecular weight excluding hydrogens is 302 g/mol. The third kappa shape index (κ3) is 5.39. The van der Waals surface area contributed by atoms with Crippen molar-refractivity contribution in [3.63, 3.8) is 0 Å². The van der Waals surface area contributed by atoms with E-state index in [2.05, 4.69) is 17.4 Å². The summed E-state index contributed by atoms with van der Waals surface area (Å²) in [7, 11) is 0. The summed E-state index contributed by atoms with van der Waals surface area (Å²) >= 11 is 0. The van der Waals surface area contributed by atoms with Crippen molar-refractivity contribution in [3.05, 3.63) is 59.7 Å². The van der Waals surface area contributed by atoms with Gasteiger partial charge in [-0.3, -0.25) is 4.79 Å². The van der Waals surface area contributed by atoms with Gasteiger partial charge in [0.15, 0.2) is 17.3 Å². The van der Waals surface area contributed by atoms with E-state index >= 15 is 0 Å². The molecule has 118 valence electrons. The summed E-state index contributed by atoms with van der Waals surface area (Å²) in [5, 5.41) is 21.7. The minimum Gasteiger partial charge on any atom is -0.504 e. The van der Waals surface area contributed by atoms with Crippen molar-refractivity contribution >= 4 is 18.2 Å². The average molecular weight is 322 g/mol. The quantitative estimate of drug-likeness (QED) is 0.416. The van der Waals surface area contributed by atoms with E-state index in [1.807, 2.05) is 18.2 Å². The maximum Gasteiger partial charge on any atom is 0.176 e. The largest absolute Gasteiger partial charge is 0.504 e. The van der Waals surface area contributed by atoms with E-state index in [1.165, 1.54) is 23.8 Å². The van der Waals surface area contributed by atoms with Crippen molar-refractivity contribution in [2.24, 2.45) is 0 Å². The zero-order chi connectivity index (χ0) is 15.1. The van der Waals surface area contributed by atoms with Gasteiger partial charge in [-0.15, -0.1) is 12.4 Å². The Labute approximate surface area is 136 Å². The Balaban J connectivity index is 0.00000242. The minimum absolute atomic E-state index is 0. The van der Waals surface area contributed by atoms with Crippen LogP contribution in [-0.2, 0) is 6.42 Å². The van der Waals surface area contributed by atoms with Gasteiger partial charge in [-0.05, 0) is 43.1 Å². The lowest BCUT2D eigenvalue weighted by Crippen LogP contribution is -2.24. The van der Waals surface area contributed by atoms with E-state index in [0.717, 1.165) is 19.4 Å². The zero-order valence-corrected chi connectivity index (χ0v) is 13.0. The topological polar surface area (TPSA) is 69.6 Å². The first-order valence-electron chi connectivity index (χ1n) is 6.96. The number of rotatable bonds is 7. The molecule has 0 bridgehead atoms. The Morgan fingerprint density at radius 1 is 1.00 bits per heavy atom. The van der Waals surface area contributed by atoms with Crippen LogP contribution in [0.5, 0.6) is 11.5 Å². The number of nitrogens with one attached hydrogen (secondary N) is 1. The lowest BCUT2D eigenvalue weighted by molar-refractivity contribution is 0.0991. The monoisotopic (exact) mass is 321 g/mol. The fraction of sp³-hybridized carbons (Fsp3) is 0.235. The molecule has 0 aliphatic heterocycles. The standard InChI is InChI=1S/C17H19NO3.ClH/c19-15-9-8-14(11-16(15)20)17(21)12-18-10-4-7-13-5-2-1-3-6-13;/h1-3,5-6,8-9,11,18-20H,4,7,10,12H2;1H. The first kappa shape index (κ1) is 18.0. The Bertz CT molecular complexity index is 602. The second-order valence-corrected chi connectivity index (χ2v) is 4.89. The van der Waals surface area contributed by atoms with Crippen molar-refractivity contribution in [3.8, 4) is 11.5 Å². The number of aromatic hydroxyl groups is 2. The van der Waals surface area contributed by atoms with Gasteiger partial charge in [-0.25, -0.2) is 0 Å². The van der Waals surface area contributed by atoms with Crippen LogP contribution < -0.4 is 5.32 Å². The molecule has 0 unspecified atom stereocenters. The molecule has 0 radical (unpaired) electrons. The van der Waals surface area contributed by atoms with Gasteiger partial charge in [0, 0.05) is 5.56 Å². The number of phenolic OH excluding ortho intramolecular Hbond substituents is 2. The smallest absolute Gasteiger partial charge is 0.176 e. The highest BCUT2D eigenvalue weighted by molar-refractivity contribution is 5.98. The van der Waals surface area contributed by atoms with Crippen LogP contribution in [0.25, 0.3) is 0 Å². The molecule has 2 aromatic carbocycles. The predicted molar refractivity (Wildman–Crippen MR) is 89.0 cm³/mol. The summed E-state index contributed by atoms with van der Waals surface area (Å²) in [6.07, 6.45) is 1.93. The molecule has 5 heteroatoms. The number of aryl methyl sites for hydroxylation is 1. The van der Waals surface area contributed by atoms with Crippen molar-refractivity contribution < 1.29 is 15.0 Å². The fourth-order valence-corrected chi connectivity index (χ4v) is 2.06. The molecule has 22 heavy (non-hydrogen) atoms. The van der Waals surface area contributed by atoms with Crippen molar-refractivity contribution in [1.29, 1.82) is 0 Å². The van der Waals surface area contributed by atoms with Gasteiger partial charge >= 0.3 is 0 Å². The van der Waals surface area contributed by atoms with Crippen LogP contribution in [0.1, 0.15) is 22.3 Å². The van der Waals surface area contributed by atoms with Crippen LogP contribution >= 0.6 is 12.4 Å². The van der Waals surface area contributed by atoms with Gasteiger partial charge in [0.25, 0.3) is 0 Å². The number of phenols is 2. The second kappa shape index (κ2) is 9.07. The second-order valence-electron chi connectivity index (χ2n) is 4.89. The summed E-state index contributed by atoms with van der Waals surface area (Å²) in [5.41, 5.74) is 1.68. The van der Waals surface area contributed by atoms with E-state index in [4.69, 9.17) is 0 Å². The number of benzene rings is 2. The number of carbonyl (C=O) groups excluding carboxylic acids is 1. The van der Waals surface area contributed by atoms with Crippen LogP contribution in [0.2, 0.25) is 0 Å². The van der Waals surface area contributed by atoms with Crippen molar-refractivity contribution in [2.75, 3.05) is 13.1 Å². The molecule has 0 amide bonds. The minimum atomic E-state index is -0.273. The van der Waals surface area contributed by atoms with Crippen LogP contribution in [0, 0.1) is 0 Å². The molecular formula is C17H20ClNO3. The highest BCUT2D eigenvalue weighted by Gasteiger charge is 2.08. The van der Waals surface area contributed by atoms with Crippen LogP contribution in [0.4, 0.5) is 0 Å². The lowest BCUT2D eigenvalue weighted by Gasteiger charge is -2.06. The van der Waals surface area contributed by atoms with Gasteiger partial charge in [0.1, 0.15) is 0 Å². The molecule has 0 aliphatic carbocycles. The summed E-state index contributed by atoms with van der Waals surface area (Å²) in [5.74, 6) is -0.600. The molecule has 0 saturated carbocycles. The molecule has 2 aromatic rings. The normalized spacial score (nSPS) is 10.0. The number of hydrogen-bond donors (Lipinski definition) is 3. The van der Waals surface area contributed by atoms with E-state index in [9.17, 15) is 15.0 Å². The van der Waals surface area contributed by atoms with Gasteiger partial charge in [0.2, 0.25) is 0 Å². The van der Waals surface area contributed by atoms with E-state index in [1.54, 1.807) is 0 Å². The predicted octanol–water partition coefficient (Wildman–Crippen LogP) is 2.92. The number of ketones is 1. The number of Topliss-reactive ketones (excluding diaryl/α,β-unsaturated/α-hetero) is 1. The molecule has 0 spiro atoms. The highest BCUT2D eigenvalue weighted by atomic mass is 35.5. The number of halogens is 1. The van der Waals surface area contributed by atoms with Crippen molar-refractivity contribution in [2.45, 2.75) is 12.8 Å². The Hall–Kier alpha value is -2.04. The molecule has 4 nitrogen and oxygen atoms in total. The molecule has 0 aliphatic rings. The first-order chi connectivity index (χ1) is 10.2. The third-order valence-electron chi connectivity index (χ3n) is 3.24. The summed E-state index contributed by atoms with van der Waals surface area (Å²) < 4.78 is 0. The van der Waals surface area contributed by atoms with Gasteiger partial charge in [-0.1, -0.05) is 30.3 Å². The van der Waals surface area contributed by atoms with E-state index in [0.29, 0.717) is 5.56 Å². The number of carbonyl (C=O) groups is 1. The molecule has 0 atom stereocenters. The Morgan fingerprint density at radius 2 is 1.73 bits per heavy atom. The Kier molecular flexibility index (Phi) is 7.43. The van der Waals surface area contributed by atoms with Crippen LogP contribution in [0.3, 0.4) is 0 Å². The molecule has 0 saturated heterocycles. The van der Waals surface area contributed by atoms with Gasteiger partial charge < -0.3 is 15.5 Å². The molecule has 2 rings (SSSR count). The van der Waals surface area contributed by atoms with E-state index in [-0.39, 0.29) is 36.2 Å². The van der Waals surface area contributed by atoms with Gasteiger partial charge in [0.05, 0.1) is 6.54 Å². The first-order valence-corrected chi connectivity index (χ1v) is 6.96. The maximum absolute atomic E-state index is 11.9. The molecule has 0 aromatic heterocycles. The van der Waals surface area contributed by atoms with Crippen molar-refractivity contribution in [1.82, 2.24) is 5.32 Å². The Morgan fingerprint density at radius 3 is 2.41 bits per heavy atom. The SMILES string of the molecule is Cl.O=C(CNCCCc1ccccc1)c1ccc(O)c(O)c1. The molecule has 3 N–H and O–H groups in total. The molecule has 0 fully saturated rings. The van der Waals surface area contributed by atoms with E-state index < -0.39 is 0 Å².